The number of carbonyl (C=O) groups excluding carboxylic acids is 2. The quantitative estimate of drug-likeness (QED) is 0.0346. The molecule has 0 aromatic carbocycles. The van der Waals surface area contributed by atoms with Gasteiger partial charge in [-0.05, 0) is 128 Å². The van der Waals surface area contributed by atoms with E-state index < -0.39 is 6.10 Å². The number of ether oxygens (including phenoxy) is 3. The van der Waals surface area contributed by atoms with Crippen molar-refractivity contribution >= 4 is 11.9 Å². The third-order valence-electron chi connectivity index (χ3n) is 10.1. The Labute approximate surface area is 405 Å². The Kier molecular flexibility index (Phi) is 51.1. The highest BCUT2D eigenvalue weighted by atomic mass is 16.6. The Morgan fingerprint density at radius 1 is 0.333 bits per heavy atom. The molecule has 0 heterocycles. The molecule has 5 heteroatoms. The minimum atomic E-state index is -0.608. The smallest absolute Gasteiger partial charge is 0.306 e. The molecule has 0 aromatic heterocycles. The molecule has 0 rings (SSSR count). The van der Waals surface area contributed by atoms with Crippen molar-refractivity contribution in [1.82, 2.24) is 0 Å². The number of hydrogen-bond acceptors (Lipinski definition) is 5. The summed E-state index contributed by atoms with van der Waals surface area (Å²) in [6, 6.07) is 0. The van der Waals surface area contributed by atoms with Gasteiger partial charge in [-0.25, -0.2) is 0 Å². The highest BCUT2D eigenvalue weighted by molar-refractivity contribution is 5.70. The summed E-state index contributed by atoms with van der Waals surface area (Å²) in [6.45, 7) is 7.30. The first-order valence-corrected chi connectivity index (χ1v) is 26.0. The van der Waals surface area contributed by atoms with Gasteiger partial charge in [0.05, 0.1) is 6.61 Å². The Morgan fingerprint density at radius 3 is 1.08 bits per heavy atom. The number of unbranched alkanes of at least 4 members (excludes halogenated alkanes) is 8. The maximum absolute atomic E-state index is 12.8. The normalized spacial score (nSPS) is 13.6. The average Bonchev–Trinajstić information content (AvgIpc) is 3.32. The van der Waals surface area contributed by atoms with Crippen LogP contribution in [0.1, 0.15) is 188 Å². The van der Waals surface area contributed by atoms with E-state index in [1.54, 1.807) is 0 Å². The van der Waals surface area contributed by atoms with Gasteiger partial charge in [-0.15, -0.1) is 0 Å². The van der Waals surface area contributed by atoms with Gasteiger partial charge in [0.25, 0.3) is 0 Å². The average molecular weight is 907 g/mol. The Bertz CT molecular complexity index is 1490. The Hall–Kier alpha value is -4.48. The molecular weight excluding hydrogens is 813 g/mol. The van der Waals surface area contributed by atoms with E-state index in [-0.39, 0.29) is 31.6 Å². The van der Waals surface area contributed by atoms with E-state index in [1.165, 1.54) is 25.7 Å². The fourth-order valence-electron chi connectivity index (χ4n) is 6.30. The predicted molar refractivity (Wildman–Crippen MR) is 288 cm³/mol. The van der Waals surface area contributed by atoms with Gasteiger partial charge >= 0.3 is 11.9 Å². The number of esters is 2. The van der Waals surface area contributed by atoms with E-state index in [0.717, 1.165) is 122 Å². The molecule has 0 aromatic rings. The molecule has 0 amide bonds. The molecule has 368 valence electrons. The second-order valence-corrected chi connectivity index (χ2v) is 16.3. The van der Waals surface area contributed by atoms with Gasteiger partial charge in [-0.3, -0.25) is 9.59 Å². The Morgan fingerprint density at radius 2 is 0.667 bits per heavy atom. The minimum Gasteiger partial charge on any atom is -0.462 e. The summed E-state index contributed by atoms with van der Waals surface area (Å²) in [4.78, 5) is 25.4. The Balaban J connectivity index is 4.52. The molecule has 0 N–H and O–H groups in total. The molecule has 0 aliphatic carbocycles. The predicted octanol–water partition coefficient (Wildman–Crippen LogP) is 17.9. The van der Waals surface area contributed by atoms with Crippen molar-refractivity contribution in [3.8, 4) is 0 Å². The lowest BCUT2D eigenvalue weighted by Gasteiger charge is -2.18. The lowest BCUT2D eigenvalue weighted by molar-refractivity contribution is -0.162. The number of allylic oxidation sites excluding steroid dienone is 26. The van der Waals surface area contributed by atoms with Crippen LogP contribution in [-0.4, -0.2) is 37.9 Å². The molecule has 5 nitrogen and oxygen atoms in total. The summed E-state index contributed by atoms with van der Waals surface area (Å²) < 4.78 is 17.3. The highest BCUT2D eigenvalue weighted by Crippen LogP contribution is 2.10. The van der Waals surface area contributed by atoms with Gasteiger partial charge in [0.15, 0.2) is 6.10 Å². The van der Waals surface area contributed by atoms with Crippen LogP contribution in [0.15, 0.2) is 158 Å². The van der Waals surface area contributed by atoms with E-state index in [4.69, 9.17) is 14.2 Å². The molecular formula is C61H94O5. The standard InChI is InChI=1S/C61H94O5/c1-4-7-10-13-16-19-22-25-28-30-31-32-34-36-39-42-45-48-51-54-60(62)65-58-59(57-64-56-53-50-47-44-41-38-35-29-26-23-20-17-14-11-8-5-2)66-61(63)55-52-49-46-43-40-37-33-27-24-21-18-15-12-9-6-3/h7-12,16-21,25-29,31-33,36,39-40,43,45,48,59H,4-6,13-15,22-24,30,34-35,37-38,41-42,44,46-47,49-58H2,1-3H3/b10-7-,11-8-,12-9-,19-16-,20-17-,21-18-,28-25-,29-26-,32-31-,33-27-,39-36-,43-40-,48-45-. The molecule has 0 radical (unpaired) electrons. The molecule has 0 saturated carbocycles. The van der Waals surface area contributed by atoms with Crippen LogP contribution in [0.4, 0.5) is 0 Å². The summed E-state index contributed by atoms with van der Waals surface area (Å²) in [5, 5.41) is 0. The molecule has 0 fully saturated rings. The van der Waals surface area contributed by atoms with E-state index in [1.807, 2.05) is 6.08 Å². The lowest BCUT2D eigenvalue weighted by atomic mass is 10.1. The molecule has 0 bridgehead atoms. The summed E-state index contributed by atoms with van der Waals surface area (Å²) in [5.41, 5.74) is 0. The van der Waals surface area contributed by atoms with Crippen molar-refractivity contribution in [2.24, 2.45) is 0 Å². The number of hydrogen-bond donors (Lipinski definition) is 0. The van der Waals surface area contributed by atoms with Crippen molar-refractivity contribution in [1.29, 1.82) is 0 Å². The highest BCUT2D eigenvalue weighted by Gasteiger charge is 2.17. The summed E-state index contributed by atoms with van der Waals surface area (Å²) in [5.74, 6) is -0.565. The third kappa shape index (κ3) is 52.1. The molecule has 1 unspecified atom stereocenters. The van der Waals surface area contributed by atoms with Crippen LogP contribution in [-0.2, 0) is 23.8 Å². The number of carbonyl (C=O) groups is 2. The first-order chi connectivity index (χ1) is 32.6. The summed E-state index contributed by atoms with van der Waals surface area (Å²) in [7, 11) is 0. The first kappa shape index (κ1) is 61.5. The van der Waals surface area contributed by atoms with Gasteiger partial charge < -0.3 is 14.2 Å². The zero-order valence-electron chi connectivity index (χ0n) is 42.1. The van der Waals surface area contributed by atoms with Crippen molar-refractivity contribution in [3.63, 3.8) is 0 Å². The SMILES string of the molecule is CC/C=C\C/C=C\C/C=C\C/C=C\C/C=C\C/C=C\CCC(=O)OCC(COCCCCCCCC/C=C\C/C=C\C/C=C\CC)OC(=O)CCCC/C=C\C/C=C\C/C=C\C/C=C\CC. The minimum absolute atomic E-state index is 0.0112. The van der Waals surface area contributed by atoms with E-state index >= 15 is 0 Å². The molecule has 0 saturated heterocycles. The fourth-order valence-corrected chi connectivity index (χ4v) is 6.30. The fraction of sp³-hybridized carbons (Fsp3) is 0.541. The molecule has 66 heavy (non-hydrogen) atoms. The van der Waals surface area contributed by atoms with Gasteiger partial charge in [0, 0.05) is 19.4 Å². The lowest BCUT2D eigenvalue weighted by Crippen LogP contribution is -2.30. The van der Waals surface area contributed by atoms with Crippen LogP contribution in [0, 0.1) is 0 Å². The van der Waals surface area contributed by atoms with Crippen LogP contribution in [0.2, 0.25) is 0 Å². The number of rotatable bonds is 45. The van der Waals surface area contributed by atoms with Gasteiger partial charge in [-0.2, -0.15) is 0 Å². The summed E-state index contributed by atoms with van der Waals surface area (Å²) in [6.07, 6.45) is 81.3. The maximum Gasteiger partial charge on any atom is 0.306 e. The molecule has 0 aliphatic heterocycles. The molecule has 0 spiro atoms. The molecule has 0 aliphatic rings. The second-order valence-electron chi connectivity index (χ2n) is 16.3. The van der Waals surface area contributed by atoms with E-state index in [9.17, 15) is 9.59 Å². The largest absolute Gasteiger partial charge is 0.462 e. The van der Waals surface area contributed by atoms with Crippen LogP contribution in [0.3, 0.4) is 0 Å². The third-order valence-corrected chi connectivity index (χ3v) is 10.1. The van der Waals surface area contributed by atoms with Crippen LogP contribution in [0.25, 0.3) is 0 Å². The van der Waals surface area contributed by atoms with Gasteiger partial charge in [0.1, 0.15) is 6.61 Å². The topological polar surface area (TPSA) is 61.8 Å². The van der Waals surface area contributed by atoms with Crippen LogP contribution < -0.4 is 0 Å². The monoisotopic (exact) mass is 907 g/mol. The van der Waals surface area contributed by atoms with Crippen molar-refractivity contribution in [2.45, 2.75) is 194 Å². The van der Waals surface area contributed by atoms with Crippen molar-refractivity contribution < 1.29 is 23.8 Å². The molecule has 1 atom stereocenters. The van der Waals surface area contributed by atoms with Gasteiger partial charge in [-0.1, -0.05) is 204 Å². The van der Waals surface area contributed by atoms with Crippen molar-refractivity contribution in [2.75, 3.05) is 19.8 Å². The van der Waals surface area contributed by atoms with Crippen LogP contribution in [0.5, 0.6) is 0 Å². The summed E-state index contributed by atoms with van der Waals surface area (Å²) >= 11 is 0. The van der Waals surface area contributed by atoms with E-state index in [0.29, 0.717) is 19.4 Å². The second kappa shape index (κ2) is 54.9. The van der Waals surface area contributed by atoms with Crippen molar-refractivity contribution in [3.05, 3.63) is 158 Å². The van der Waals surface area contributed by atoms with Gasteiger partial charge in [0.2, 0.25) is 0 Å². The first-order valence-electron chi connectivity index (χ1n) is 26.0. The maximum atomic E-state index is 12.8. The zero-order valence-corrected chi connectivity index (χ0v) is 42.1. The van der Waals surface area contributed by atoms with Crippen LogP contribution >= 0.6 is 0 Å². The van der Waals surface area contributed by atoms with E-state index in [2.05, 4.69) is 173 Å². The zero-order chi connectivity index (χ0) is 47.7.